The first-order valence-corrected chi connectivity index (χ1v) is 5.97. The molecule has 0 spiro atoms. The van der Waals surface area contributed by atoms with E-state index < -0.39 is 0 Å². The van der Waals surface area contributed by atoms with Crippen molar-refractivity contribution in [1.29, 1.82) is 0 Å². The van der Waals surface area contributed by atoms with Gasteiger partial charge < -0.3 is 5.11 Å². The van der Waals surface area contributed by atoms with Gasteiger partial charge in [-0.2, -0.15) is 0 Å². The number of allylic oxidation sites excluding steroid dienone is 3. The van der Waals surface area contributed by atoms with E-state index in [2.05, 4.69) is 18.7 Å². The lowest BCUT2D eigenvalue weighted by Gasteiger charge is -2.17. The minimum Gasteiger partial charge on any atom is -0.389 e. The summed E-state index contributed by atoms with van der Waals surface area (Å²) >= 11 is 0. The van der Waals surface area contributed by atoms with Crippen LogP contribution in [0.1, 0.15) is 38.5 Å². The van der Waals surface area contributed by atoms with Crippen LogP contribution in [0.15, 0.2) is 37.0 Å². The standard InChI is InChI=1S/C14H22O/c1-2-8-14(15)12-7-6-11-13-9-4-3-5-10-13/h2,6-7,11-15H,1,3-5,8-10H2/b11-6+,12-7-/t14-/m0/s1. The molecule has 1 heteroatoms. The van der Waals surface area contributed by atoms with Crippen LogP contribution in [0.4, 0.5) is 0 Å². The zero-order valence-corrected chi connectivity index (χ0v) is 9.44. The number of hydrogen-bond acceptors (Lipinski definition) is 1. The molecule has 0 bridgehead atoms. The van der Waals surface area contributed by atoms with E-state index in [1.807, 2.05) is 12.2 Å². The van der Waals surface area contributed by atoms with Crippen LogP contribution in [0.5, 0.6) is 0 Å². The van der Waals surface area contributed by atoms with Gasteiger partial charge in [0.2, 0.25) is 0 Å². The van der Waals surface area contributed by atoms with Crippen molar-refractivity contribution in [3.63, 3.8) is 0 Å². The van der Waals surface area contributed by atoms with Crippen molar-refractivity contribution in [2.75, 3.05) is 0 Å². The summed E-state index contributed by atoms with van der Waals surface area (Å²) in [4.78, 5) is 0. The number of aliphatic hydroxyl groups is 1. The van der Waals surface area contributed by atoms with E-state index in [9.17, 15) is 5.11 Å². The van der Waals surface area contributed by atoms with Crippen LogP contribution in [0.25, 0.3) is 0 Å². The summed E-state index contributed by atoms with van der Waals surface area (Å²) in [5.74, 6) is 0.764. The largest absolute Gasteiger partial charge is 0.389 e. The Balaban J connectivity index is 2.21. The van der Waals surface area contributed by atoms with Gasteiger partial charge in [0.15, 0.2) is 0 Å². The highest BCUT2D eigenvalue weighted by Crippen LogP contribution is 2.24. The lowest BCUT2D eigenvalue weighted by Crippen LogP contribution is -2.02. The molecular formula is C14H22O. The fraction of sp³-hybridized carbons (Fsp3) is 0.571. The Morgan fingerprint density at radius 2 is 1.93 bits per heavy atom. The van der Waals surface area contributed by atoms with Crippen molar-refractivity contribution in [2.45, 2.75) is 44.6 Å². The zero-order valence-electron chi connectivity index (χ0n) is 9.44. The predicted octanol–water partition coefficient (Wildman–Crippen LogP) is 3.62. The van der Waals surface area contributed by atoms with Gasteiger partial charge in [0.1, 0.15) is 0 Å². The first-order valence-electron chi connectivity index (χ1n) is 5.97. The molecule has 1 atom stereocenters. The molecule has 0 aromatic carbocycles. The third kappa shape index (κ3) is 5.58. The molecule has 0 amide bonds. The van der Waals surface area contributed by atoms with E-state index in [0.29, 0.717) is 6.42 Å². The molecule has 0 aromatic heterocycles. The van der Waals surface area contributed by atoms with Crippen molar-refractivity contribution >= 4 is 0 Å². The van der Waals surface area contributed by atoms with Gasteiger partial charge in [0, 0.05) is 0 Å². The van der Waals surface area contributed by atoms with E-state index >= 15 is 0 Å². The van der Waals surface area contributed by atoms with Gasteiger partial charge in [0.05, 0.1) is 6.10 Å². The molecule has 0 aliphatic heterocycles. The minimum absolute atomic E-state index is 0.376. The summed E-state index contributed by atoms with van der Waals surface area (Å²) in [5.41, 5.74) is 0. The molecule has 1 N–H and O–H groups in total. The Morgan fingerprint density at radius 1 is 1.20 bits per heavy atom. The predicted molar refractivity (Wildman–Crippen MR) is 65.7 cm³/mol. The molecular weight excluding hydrogens is 184 g/mol. The summed E-state index contributed by atoms with van der Waals surface area (Å²) in [6, 6.07) is 0. The van der Waals surface area contributed by atoms with E-state index in [4.69, 9.17) is 0 Å². The third-order valence-corrected chi connectivity index (χ3v) is 2.89. The summed E-state index contributed by atoms with van der Waals surface area (Å²) in [5, 5.41) is 9.39. The van der Waals surface area contributed by atoms with Crippen LogP contribution in [-0.4, -0.2) is 11.2 Å². The summed E-state index contributed by atoms with van der Waals surface area (Å²) < 4.78 is 0. The van der Waals surface area contributed by atoms with Crippen LogP contribution in [-0.2, 0) is 0 Å². The van der Waals surface area contributed by atoms with Gasteiger partial charge in [-0.25, -0.2) is 0 Å². The van der Waals surface area contributed by atoms with Crippen molar-refractivity contribution < 1.29 is 5.11 Å². The van der Waals surface area contributed by atoms with Crippen LogP contribution in [0.3, 0.4) is 0 Å². The highest BCUT2D eigenvalue weighted by Gasteiger charge is 2.08. The van der Waals surface area contributed by atoms with E-state index in [-0.39, 0.29) is 6.10 Å². The topological polar surface area (TPSA) is 20.2 Å². The van der Waals surface area contributed by atoms with Gasteiger partial charge in [-0.05, 0) is 25.2 Å². The lowest BCUT2D eigenvalue weighted by atomic mass is 9.89. The first kappa shape index (κ1) is 12.3. The van der Waals surface area contributed by atoms with Crippen molar-refractivity contribution in [3.05, 3.63) is 37.0 Å². The van der Waals surface area contributed by atoms with E-state index in [0.717, 1.165) is 5.92 Å². The fourth-order valence-electron chi connectivity index (χ4n) is 1.99. The summed E-state index contributed by atoms with van der Waals surface area (Å²) in [6.07, 6.45) is 16.9. The molecule has 84 valence electrons. The average Bonchev–Trinajstić information content (AvgIpc) is 2.26. The highest BCUT2D eigenvalue weighted by atomic mass is 16.3. The Morgan fingerprint density at radius 3 is 2.60 bits per heavy atom. The van der Waals surface area contributed by atoms with Crippen LogP contribution in [0, 0.1) is 5.92 Å². The Labute approximate surface area is 93.2 Å². The number of hydrogen-bond donors (Lipinski definition) is 1. The lowest BCUT2D eigenvalue weighted by molar-refractivity contribution is 0.227. The van der Waals surface area contributed by atoms with Gasteiger partial charge in [-0.3, -0.25) is 0 Å². The number of aliphatic hydroxyl groups excluding tert-OH is 1. The smallest absolute Gasteiger partial charge is 0.0758 e. The van der Waals surface area contributed by atoms with Crippen molar-refractivity contribution in [3.8, 4) is 0 Å². The maximum Gasteiger partial charge on any atom is 0.0758 e. The fourth-order valence-corrected chi connectivity index (χ4v) is 1.99. The molecule has 1 saturated carbocycles. The van der Waals surface area contributed by atoms with Gasteiger partial charge in [-0.15, -0.1) is 6.58 Å². The molecule has 1 rings (SSSR count). The Bertz CT molecular complexity index is 221. The molecule has 1 aliphatic rings. The highest BCUT2D eigenvalue weighted by molar-refractivity contribution is 5.07. The second-order valence-electron chi connectivity index (χ2n) is 4.26. The van der Waals surface area contributed by atoms with Crippen LogP contribution >= 0.6 is 0 Å². The monoisotopic (exact) mass is 206 g/mol. The maximum atomic E-state index is 9.39. The molecule has 0 unspecified atom stereocenters. The quantitative estimate of drug-likeness (QED) is 0.538. The Kier molecular flexibility index (Phi) is 6.10. The Hall–Kier alpha value is -0.820. The average molecular weight is 206 g/mol. The molecule has 0 aromatic rings. The molecule has 0 radical (unpaired) electrons. The van der Waals surface area contributed by atoms with Gasteiger partial charge in [-0.1, -0.05) is 49.6 Å². The second-order valence-corrected chi connectivity index (χ2v) is 4.26. The molecule has 0 saturated heterocycles. The van der Waals surface area contributed by atoms with Gasteiger partial charge in [0.25, 0.3) is 0 Å². The summed E-state index contributed by atoms with van der Waals surface area (Å²) in [6.45, 7) is 3.59. The van der Waals surface area contributed by atoms with Crippen molar-refractivity contribution in [2.24, 2.45) is 5.92 Å². The first-order chi connectivity index (χ1) is 7.33. The molecule has 1 aliphatic carbocycles. The molecule has 1 fully saturated rings. The second kappa shape index (κ2) is 7.47. The van der Waals surface area contributed by atoms with Crippen LogP contribution in [0.2, 0.25) is 0 Å². The molecule has 15 heavy (non-hydrogen) atoms. The molecule has 1 nitrogen and oxygen atoms in total. The van der Waals surface area contributed by atoms with E-state index in [1.165, 1.54) is 32.1 Å². The van der Waals surface area contributed by atoms with Crippen LogP contribution < -0.4 is 0 Å². The van der Waals surface area contributed by atoms with E-state index in [1.54, 1.807) is 6.08 Å². The molecule has 0 heterocycles. The summed E-state index contributed by atoms with van der Waals surface area (Å²) in [7, 11) is 0. The normalized spacial score (nSPS) is 21.1. The maximum absolute atomic E-state index is 9.39. The minimum atomic E-state index is -0.376. The van der Waals surface area contributed by atoms with Gasteiger partial charge >= 0.3 is 0 Å². The van der Waals surface area contributed by atoms with Crippen molar-refractivity contribution in [1.82, 2.24) is 0 Å². The number of rotatable bonds is 5. The SMILES string of the molecule is C=CC[C@H](O)/C=C\C=C\C1CCCCC1. The zero-order chi connectivity index (χ0) is 10.9. The third-order valence-electron chi connectivity index (χ3n) is 2.89.